The van der Waals surface area contributed by atoms with Gasteiger partial charge in [-0.2, -0.15) is 0 Å². The van der Waals surface area contributed by atoms with Gasteiger partial charge in [0.2, 0.25) is 0 Å². The summed E-state index contributed by atoms with van der Waals surface area (Å²) in [7, 11) is 0. The zero-order valence-electron chi connectivity index (χ0n) is 6.65. The van der Waals surface area contributed by atoms with Gasteiger partial charge in [0.05, 0.1) is 5.02 Å². The molecule has 0 N–H and O–H groups in total. The van der Waals surface area contributed by atoms with E-state index in [2.05, 4.69) is 0 Å². The van der Waals surface area contributed by atoms with Crippen molar-refractivity contribution in [2.45, 2.75) is 10.9 Å². The minimum absolute atomic E-state index is 0.354. The van der Waals surface area contributed by atoms with Gasteiger partial charge in [-0.15, -0.1) is 0 Å². The van der Waals surface area contributed by atoms with Gasteiger partial charge >= 0.3 is 3.98 Å². The van der Waals surface area contributed by atoms with E-state index in [4.69, 9.17) is 51.1 Å². The lowest BCUT2D eigenvalue weighted by molar-refractivity contribution is 0.320. The molecule has 0 atom stereocenters. The van der Waals surface area contributed by atoms with Crippen molar-refractivity contribution in [1.82, 2.24) is 0 Å². The zero-order valence-corrected chi connectivity index (χ0v) is 9.68. The predicted octanol–water partition coefficient (Wildman–Crippen LogP) is 4.35. The average molecular weight is 260 g/mol. The summed E-state index contributed by atoms with van der Waals surface area (Å²) in [5, 5.41) is 0.423. The maximum Gasteiger partial charge on any atom is 0.338 e. The molecule has 0 unspecified atom stereocenters. The summed E-state index contributed by atoms with van der Waals surface area (Å²) in [6.07, 6.45) is 0. The molecular formula is C8H6Cl4O. The first-order valence-electron chi connectivity index (χ1n) is 3.40. The van der Waals surface area contributed by atoms with Crippen LogP contribution in [0.15, 0.2) is 18.2 Å². The molecule has 0 saturated heterocycles. The van der Waals surface area contributed by atoms with Crippen molar-refractivity contribution < 1.29 is 4.74 Å². The standard InChI is InChI=1S/C8H6Cl4O/c1-5-2-3-7(6(9)4-5)13-8(10,11)12/h2-4H,1H3. The molecule has 5 heteroatoms. The van der Waals surface area contributed by atoms with Crippen LogP contribution in [0.1, 0.15) is 5.56 Å². The van der Waals surface area contributed by atoms with E-state index in [1.807, 2.05) is 13.0 Å². The number of hydrogen-bond donors (Lipinski definition) is 0. The first kappa shape index (κ1) is 11.3. The Labute approximate surface area is 96.5 Å². The summed E-state index contributed by atoms with van der Waals surface area (Å²) in [6, 6.07) is 5.20. The lowest BCUT2D eigenvalue weighted by atomic mass is 10.2. The highest BCUT2D eigenvalue weighted by atomic mass is 35.6. The number of ether oxygens (including phenoxy) is 1. The van der Waals surface area contributed by atoms with E-state index in [-0.39, 0.29) is 0 Å². The van der Waals surface area contributed by atoms with Crippen molar-refractivity contribution in [1.29, 1.82) is 0 Å². The molecule has 1 rings (SSSR count). The Morgan fingerprint density at radius 3 is 2.31 bits per heavy atom. The quantitative estimate of drug-likeness (QED) is 0.682. The molecular weight excluding hydrogens is 254 g/mol. The number of hydrogen-bond acceptors (Lipinski definition) is 1. The molecule has 0 fully saturated rings. The summed E-state index contributed by atoms with van der Waals surface area (Å²) in [6.45, 7) is 1.91. The monoisotopic (exact) mass is 258 g/mol. The Morgan fingerprint density at radius 2 is 1.85 bits per heavy atom. The second-order valence-electron chi connectivity index (χ2n) is 2.48. The Morgan fingerprint density at radius 1 is 1.23 bits per heavy atom. The molecule has 72 valence electrons. The van der Waals surface area contributed by atoms with E-state index in [9.17, 15) is 0 Å². The molecule has 0 radical (unpaired) electrons. The summed E-state index contributed by atoms with van der Waals surface area (Å²) in [5.41, 5.74) is 1.02. The molecule has 0 aliphatic rings. The second-order valence-corrected chi connectivity index (χ2v) is 5.07. The van der Waals surface area contributed by atoms with Gasteiger partial charge in [0.25, 0.3) is 0 Å². The highest BCUT2D eigenvalue weighted by molar-refractivity contribution is 6.66. The van der Waals surface area contributed by atoms with Crippen molar-refractivity contribution in [3.8, 4) is 5.75 Å². The van der Waals surface area contributed by atoms with E-state index < -0.39 is 3.98 Å². The largest absolute Gasteiger partial charge is 0.444 e. The lowest BCUT2D eigenvalue weighted by Crippen LogP contribution is -2.12. The highest BCUT2D eigenvalue weighted by Crippen LogP contribution is 2.34. The molecule has 1 aromatic carbocycles. The molecule has 0 spiro atoms. The number of benzene rings is 1. The van der Waals surface area contributed by atoms with E-state index in [0.29, 0.717) is 10.8 Å². The van der Waals surface area contributed by atoms with E-state index >= 15 is 0 Å². The van der Waals surface area contributed by atoms with Crippen LogP contribution in [0.4, 0.5) is 0 Å². The molecule has 0 saturated carbocycles. The van der Waals surface area contributed by atoms with Crippen LogP contribution in [-0.2, 0) is 0 Å². The topological polar surface area (TPSA) is 9.23 Å². The first-order valence-corrected chi connectivity index (χ1v) is 4.91. The van der Waals surface area contributed by atoms with E-state index in [1.165, 1.54) is 0 Å². The Balaban J connectivity index is 2.90. The SMILES string of the molecule is Cc1ccc(OC(Cl)(Cl)Cl)c(Cl)c1. The summed E-state index contributed by atoms with van der Waals surface area (Å²) >= 11 is 22.1. The maximum atomic E-state index is 5.83. The molecule has 0 bridgehead atoms. The van der Waals surface area contributed by atoms with Gasteiger partial charge in [0.1, 0.15) is 5.75 Å². The van der Waals surface area contributed by atoms with Crippen molar-refractivity contribution in [3.63, 3.8) is 0 Å². The maximum absolute atomic E-state index is 5.83. The third kappa shape index (κ3) is 3.82. The average Bonchev–Trinajstić information content (AvgIpc) is 1.93. The molecule has 0 amide bonds. The van der Waals surface area contributed by atoms with Gasteiger partial charge in [-0.25, -0.2) is 0 Å². The van der Waals surface area contributed by atoms with Crippen molar-refractivity contribution >= 4 is 46.4 Å². The van der Waals surface area contributed by atoms with Crippen LogP contribution in [0.5, 0.6) is 5.75 Å². The molecule has 0 heterocycles. The fraction of sp³-hybridized carbons (Fsp3) is 0.250. The van der Waals surface area contributed by atoms with Crippen LogP contribution in [0, 0.1) is 6.92 Å². The zero-order chi connectivity index (χ0) is 10.1. The van der Waals surface area contributed by atoms with Gasteiger partial charge < -0.3 is 4.74 Å². The van der Waals surface area contributed by atoms with Gasteiger partial charge in [-0.1, -0.05) is 17.7 Å². The lowest BCUT2D eigenvalue weighted by Gasteiger charge is -2.14. The predicted molar refractivity (Wildman–Crippen MR) is 57.1 cm³/mol. The Hall–Kier alpha value is 0.180. The molecule has 1 nitrogen and oxygen atoms in total. The minimum atomic E-state index is -1.78. The van der Waals surface area contributed by atoms with E-state index in [0.717, 1.165) is 5.56 Å². The van der Waals surface area contributed by atoms with Crippen LogP contribution in [0.2, 0.25) is 5.02 Å². The minimum Gasteiger partial charge on any atom is -0.444 e. The smallest absolute Gasteiger partial charge is 0.338 e. The van der Waals surface area contributed by atoms with Gasteiger partial charge in [0.15, 0.2) is 0 Å². The third-order valence-corrected chi connectivity index (χ3v) is 1.84. The van der Waals surface area contributed by atoms with Crippen molar-refractivity contribution in [2.24, 2.45) is 0 Å². The number of halogens is 4. The number of alkyl halides is 3. The van der Waals surface area contributed by atoms with Crippen molar-refractivity contribution in [2.75, 3.05) is 0 Å². The summed E-state index contributed by atoms with van der Waals surface area (Å²) in [4.78, 5) is 0. The fourth-order valence-corrected chi connectivity index (χ4v) is 1.34. The van der Waals surface area contributed by atoms with Crippen molar-refractivity contribution in [3.05, 3.63) is 28.8 Å². The highest BCUT2D eigenvalue weighted by Gasteiger charge is 2.22. The third-order valence-electron chi connectivity index (χ3n) is 1.31. The molecule has 0 aromatic heterocycles. The molecule has 0 aliphatic heterocycles. The van der Waals surface area contributed by atoms with Crippen LogP contribution in [0.25, 0.3) is 0 Å². The van der Waals surface area contributed by atoms with Crippen LogP contribution in [0.3, 0.4) is 0 Å². The van der Waals surface area contributed by atoms with Crippen LogP contribution < -0.4 is 4.74 Å². The molecule has 1 aromatic rings. The summed E-state index contributed by atoms with van der Waals surface area (Å²) in [5.74, 6) is 0.354. The fourth-order valence-electron chi connectivity index (χ4n) is 0.813. The van der Waals surface area contributed by atoms with Crippen LogP contribution >= 0.6 is 46.4 Å². The van der Waals surface area contributed by atoms with E-state index in [1.54, 1.807) is 12.1 Å². The summed E-state index contributed by atoms with van der Waals surface area (Å²) < 4.78 is 3.17. The Kier molecular flexibility index (Phi) is 3.58. The second kappa shape index (κ2) is 4.14. The molecule has 13 heavy (non-hydrogen) atoms. The number of rotatable bonds is 1. The first-order chi connectivity index (χ1) is 5.88. The van der Waals surface area contributed by atoms with Gasteiger partial charge in [0, 0.05) is 0 Å². The normalized spacial score (nSPS) is 11.5. The van der Waals surface area contributed by atoms with Crippen LogP contribution in [-0.4, -0.2) is 3.98 Å². The molecule has 0 aliphatic carbocycles. The van der Waals surface area contributed by atoms with Gasteiger partial charge in [-0.3, -0.25) is 0 Å². The Bertz CT molecular complexity index is 306. The van der Waals surface area contributed by atoms with Gasteiger partial charge in [-0.05, 0) is 59.4 Å². The number of aryl methyl sites for hydroxylation is 1.